The molecule has 2 aliphatic carbocycles. The van der Waals surface area contributed by atoms with Crippen molar-refractivity contribution in [2.45, 2.75) is 50.6 Å². The highest BCUT2D eigenvalue weighted by atomic mass is 16.5. The molecule has 2 aromatic carbocycles. The van der Waals surface area contributed by atoms with Crippen LogP contribution < -0.4 is 10.6 Å². The normalized spacial score (nSPS) is 19.2. The fourth-order valence-corrected chi connectivity index (χ4v) is 4.83. The maximum atomic E-state index is 12.8. The second kappa shape index (κ2) is 10.4. The Kier molecular flexibility index (Phi) is 7.17. The average molecular weight is 461 g/mol. The van der Waals surface area contributed by atoms with E-state index in [1.54, 1.807) is 6.92 Å². The summed E-state index contributed by atoms with van der Waals surface area (Å²) in [5.41, 5.74) is 4.49. The maximum Gasteiger partial charge on any atom is 0.407 e. The monoisotopic (exact) mass is 460 g/mol. The van der Waals surface area contributed by atoms with Crippen LogP contribution >= 0.6 is 0 Å². The number of nitrogens with one attached hydrogen (secondary N) is 2. The summed E-state index contributed by atoms with van der Waals surface area (Å²) in [7, 11) is 0. The van der Waals surface area contributed by atoms with Crippen molar-refractivity contribution >= 4 is 18.0 Å². The molecule has 2 amide bonds. The van der Waals surface area contributed by atoms with Gasteiger partial charge in [-0.3, -0.25) is 9.59 Å². The number of fused-ring (bicyclic) bond motifs is 3. The minimum absolute atomic E-state index is 0.0766. The summed E-state index contributed by atoms with van der Waals surface area (Å²) >= 11 is 0. The number of ether oxygens (including phenoxy) is 1. The van der Waals surface area contributed by atoms with E-state index in [-0.39, 0.29) is 30.9 Å². The molecule has 7 heteroatoms. The Hall–Kier alpha value is -3.79. The molecule has 4 rings (SSSR count). The Labute approximate surface area is 198 Å². The molecule has 0 radical (unpaired) electrons. The third-order valence-corrected chi connectivity index (χ3v) is 6.56. The van der Waals surface area contributed by atoms with Crippen molar-refractivity contribution in [2.24, 2.45) is 5.92 Å². The Morgan fingerprint density at radius 2 is 1.71 bits per heavy atom. The van der Waals surface area contributed by atoms with E-state index in [4.69, 9.17) is 4.74 Å². The number of hydrogen-bond acceptors (Lipinski definition) is 4. The van der Waals surface area contributed by atoms with Gasteiger partial charge in [0, 0.05) is 18.4 Å². The van der Waals surface area contributed by atoms with Crippen LogP contribution in [0.5, 0.6) is 0 Å². The van der Waals surface area contributed by atoms with Crippen LogP contribution in [-0.4, -0.2) is 41.8 Å². The fraction of sp³-hybridized carbons (Fsp3) is 0.370. The molecule has 1 saturated carbocycles. The molecule has 2 aromatic rings. The molecule has 0 aliphatic heterocycles. The first-order valence-electron chi connectivity index (χ1n) is 11.5. The molecule has 34 heavy (non-hydrogen) atoms. The standard InChI is InChI=1S/C27H28N2O5/c1-2-3-12-24(25(30)28-18-14-13-17(15-18)26(31)32)29-27(33)34-16-23-21-10-6-4-8-19(21)20-9-5-7-11-22(20)23/h4-11,17-18,23-24H,12-16H2,1H3,(H,28,30)(H,29,33)(H,31,32)/t17-,18+,24?/m1/s1. The largest absolute Gasteiger partial charge is 0.481 e. The number of hydrogen-bond donors (Lipinski definition) is 3. The average Bonchev–Trinajstić information content (AvgIpc) is 3.43. The quantitative estimate of drug-likeness (QED) is 0.547. The summed E-state index contributed by atoms with van der Waals surface area (Å²) in [5, 5.41) is 14.7. The second-order valence-electron chi connectivity index (χ2n) is 8.71. The van der Waals surface area contributed by atoms with Gasteiger partial charge in [0.2, 0.25) is 5.91 Å². The molecule has 0 heterocycles. The molecule has 0 saturated heterocycles. The van der Waals surface area contributed by atoms with Gasteiger partial charge in [0.1, 0.15) is 12.6 Å². The second-order valence-corrected chi connectivity index (χ2v) is 8.71. The van der Waals surface area contributed by atoms with Crippen molar-refractivity contribution in [3.63, 3.8) is 0 Å². The molecule has 3 atom stereocenters. The molecule has 176 valence electrons. The zero-order valence-electron chi connectivity index (χ0n) is 19.0. The van der Waals surface area contributed by atoms with Gasteiger partial charge in [0.25, 0.3) is 0 Å². The van der Waals surface area contributed by atoms with Crippen LogP contribution in [0.2, 0.25) is 0 Å². The highest BCUT2D eigenvalue weighted by Gasteiger charge is 2.33. The number of benzene rings is 2. The lowest BCUT2D eigenvalue weighted by atomic mass is 9.98. The number of amides is 2. The number of carboxylic acids is 1. The van der Waals surface area contributed by atoms with Crippen LogP contribution in [0.25, 0.3) is 11.1 Å². The van der Waals surface area contributed by atoms with Gasteiger partial charge in [-0.05, 0) is 48.4 Å². The fourth-order valence-electron chi connectivity index (χ4n) is 4.83. The molecule has 2 aliphatic rings. The van der Waals surface area contributed by atoms with Gasteiger partial charge < -0.3 is 20.5 Å². The Balaban J connectivity index is 1.37. The topological polar surface area (TPSA) is 105 Å². The summed E-state index contributed by atoms with van der Waals surface area (Å²) in [6.45, 7) is 1.81. The third kappa shape index (κ3) is 5.07. The zero-order chi connectivity index (χ0) is 24.1. The smallest absolute Gasteiger partial charge is 0.407 e. The summed E-state index contributed by atoms with van der Waals surface area (Å²) in [4.78, 5) is 36.6. The number of aliphatic carboxylic acids is 1. The Bertz CT molecular complexity index is 1100. The summed E-state index contributed by atoms with van der Waals surface area (Å²) in [6, 6.07) is 15.0. The van der Waals surface area contributed by atoms with Crippen LogP contribution in [0.3, 0.4) is 0 Å². The predicted octanol–water partition coefficient (Wildman–Crippen LogP) is 3.68. The van der Waals surface area contributed by atoms with Gasteiger partial charge in [-0.25, -0.2) is 4.79 Å². The number of carbonyl (C=O) groups excluding carboxylic acids is 2. The number of rotatable bonds is 7. The van der Waals surface area contributed by atoms with Gasteiger partial charge in [-0.1, -0.05) is 48.5 Å². The lowest BCUT2D eigenvalue weighted by Crippen LogP contribution is -2.49. The van der Waals surface area contributed by atoms with Gasteiger partial charge in [-0.15, -0.1) is 11.8 Å². The lowest BCUT2D eigenvalue weighted by Gasteiger charge is -2.20. The van der Waals surface area contributed by atoms with Crippen LogP contribution in [0, 0.1) is 17.8 Å². The van der Waals surface area contributed by atoms with Gasteiger partial charge in [-0.2, -0.15) is 0 Å². The Morgan fingerprint density at radius 1 is 1.06 bits per heavy atom. The van der Waals surface area contributed by atoms with E-state index in [0.29, 0.717) is 19.3 Å². The van der Waals surface area contributed by atoms with E-state index in [9.17, 15) is 19.5 Å². The molecular weight excluding hydrogens is 432 g/mol. The minimum atomic E-state index is -0.882. The zero-order valence-corrected chi connectivity index (χ0v) is 19.0. The number of alkyl carbamates (subject to hydrolysis) is 1. The maximum absolute atomic E-state index is 12.8. The first kappa shape index (κ1) is 23.4. The third-order valence-electron chi connectivity index (χ3n) is 6.56. The van der Waals surface area contributed by atoms with Crippen molar-refractivity contribution in [1.29, 1.82) is 0 Å². The molecular formula is C27H28N2O5. The van der Waals surface area contributed by atoms with Crippen molar-refractivity contribution in [2.75, 3.05) is 6.61 Å². The summed E-state index contributed by atoms with van der Waals surface area (Å²) in [5.74, 6) is 3.82. The minimum Gasteiger partial charge on any atom is -0.481 e. The molecule has 0 aromatic heterocycles. The molecule has 7 nitrogen and oxygen atoms in total. The van der Waals surface area contributed by atoms with Crippen molar-refractivity contribution < 1.29 is 24.2 Å². The first-order valence-corrected chi connectivity index (χ1v) is 11.5. The van der Waals surface area contributed by atoms with E-state index in [1.807, 2.05) is 36.4 Å². The van der Waals surface area contributed by atoms with Crippen molar-refractivity contribution in [1.82, 2.24) is 10.6 Å². The molecule has 1 unspecified atom stereocenters. The lowest BCUT2D eigenvalue weighted by molar-refractivity contribution is -0.141. The van der Waals surface area contributed by atoms with Crippen molar-refractivity contribution in [3.05, 3.63) is 59.7 Å². The van der Waals surface area contributed by atoms with Gasteiger partial charge in [0.15, 0.2) is 0 Å². The van der Waals surface area contributed by atoms with E-state index >= 15 is 0 Å². The SMILES string of the molecule is CC#CCC(NC(=O)OCC1c2ccccc2-c2ccccc21)C(=O)N[C@H]1CC[C@@H](C(=O)O)C1. The van der Waals surface area contributed by atoms with E-state index in [0.717, 1.165) is 22.3 Å². The molecule has 1 fully saturated rings. The van der Waals surface area contributed by atoms with Crippen LogP contribution in [0.1, 0.15) is 49.7 Å². The van der Waals surface area contributed by atoms with Gasteiger partial charge in [0.05, 0.1) is 5.92 Å². The highest BCUT2D eigenvalue weighted by molar-refractivity contribution is 5.86. The van der Waals surface area contributed by atoms with E-state index < -0.39 is 24.0 Å². The summed E-state index contributed by atoms with van der Waals surface area (Å²) < 4.78 is 5.56. The first-order chi connectivity index (χ1) is 16.5. The van der Waals surface area contributed by atoms with Crippen LogP contribution in [-0.2, 0) is 14.3 Å². The Morgan fingerprint density at radius 3 is 2.29 bits per heavy atom. The number of carboxylic acid groups (broad SMARTS) is 1. The molecule has 0 bridgehead atoms. The predicted molar refractivity (Wildman–Crippen MR) is 127 cm³/mol. The van der Waals surface area contributed by atoms with Crippen molar-refractivity contribution in [3.8, 4) is 23.0 Å². The molecule has 0 spiro atoms. The number of carbonyl (C=O) groups is 3. The summed E-state index contributed by atoms with van der Waals surface area (Å²) in [6.07, 6.45) is 0.967. The van der Waals surface area contributed by atoms with Crippen LogP contribution in [0.15, 0.2) is 48.5 Å². The van der Waals surface area contributed by atoms with E-state index in [1.165, 1.54) is 0 Å². The molecule has 3 N–H and O–H groups in total. The highest BCUT2D eigenvalue weighted by Crippen LogP contribution is 2.44. The van der Waals surface area contributed by atoms with Gasteiger partial charge >= 0.3 is 12.1 Å². The van der Waals surface area contributed by atoms with Crippen LogP contribution in [0.4, 0.5) is 4.79 Å². The van der Waals surface area contributed by atoms with E-state index in [2.05, 4.69) is 34.6 Å².